The number of hydrogen-bond acceptors (Lipinski definition) is 3. The highest BCUT2D eigenvalue weighted by molar-refractivity contribution is 4.97. The van der Waals surface area contributed by atoms with Gasteiger partial charge in [-0.2, -0.15) is 0 Å². The second kappa shape index (κ2) is 5.48. The van der Waals surface area contributed by atoms with Gasteiger partial charge < -0.3 is 5.32 Å². The fourth-order valence-electron chi connectivity index (χ4n) is 4.02. The van der Waals surface area contributed by atoms with Crippen LogP contribution in [0.4, 0.5) is 0 Å². The summed E-state index contributed by atoms with van der Waals surface area (Å²) in [5.74, 6) is 0.921. The normalized spacial score (nSPS) is 36.3. The fraction of sp³-hybridized carbons (Fsp3) is 1.00. The molecule has 1 saturated carbocycles. The van der Waals surface area contributed by atoms with E-state index < -0.39 is 0 Å². The van der Waals surface area contributed by atoms with Crippen molar-refractivity contribution in [3.8, 4) is 0 Å². The summed E-state index contributed by atoms with van der Waals surface area (Å²) in [6, 6.07) is 2.64. The van der Waals surface area contributed by atoms with E-state index in [4.69, 9.17) is 0 Å². The van der Waals surface area contributed by atoms with Gasteiger partial charge in [0, 0.05) is 24.7 Å². The van der Waals surface area contributed by atoms with Crippen LogP contribution in [0.25, 0.3) is 0 Å². The molecule has 104 valence electrons. The molecule has 0 radical (unpaired) electrons. The van der Waals surface area contributed by atoms with Crippen LogP contribution in [0.5, 0.6) is 0 Å². The minimum Gasteiger partial charge on any atom is -0.319 e. The van der Waals surface area contributed by atoms with Gasteiger partial charge in [0.25, 0.3) is 0 Å². The standard InChI is InChI=1S/C15H29N3/c1-12-9-15(11-18(12)14-3-4-14)17-7-5-13(6-8-17)10-16-2/h12-16H,3-11H2,1-2H3. The van der Waals surface area contributed by atoms with Gasteiger partial charge in [-0.3, -0.25) is 9.80 Å². The molecule has 3 fully saturated rings. The van der Waals surface area contributed by atoms with Crippen molar-refractivity contribution in [1.29, 1.82) is 0 Å². The molecule has 1 aliphatic carbocycles. The maximum Gasteiger partial charge on any atom is 0.0238 e. The third-order valence-corrected chi connectivity index (χ3v) is 5.28. The van der Waals surface area contributed by atoms with E-state index in [9.17, 15) is 0 Å². The third kappa shape index (κ3) is 2.73. The smallest absolute Gasteiger partial charge is 0.0238 e. The molecule has 3 rings (SSSR count). The molecule has 2 unspecified atom stereocenters. The minimum absolute atomic E-state index is 0.831. The molecule has 2 saturated heterocycles. The predicted octanol–water partition coefficient (Wildman–Crippen LogP) is 1.54. The van der Waals surface area contributed by atoms with Crippen molar-refractivity contribution in [2.24, 2.45) is 5.92 Å². The molecule has 0 amide bonds. The molecule has 0 aromatic rings. The van der Waals surface area contributed by atoms with Gasteiger partial charge in [0.15, 0.2) is 0 Å². The van der Waals surface area contributed by atoms with Crippen molar-refractivity contribution in [3.05, 3.63) is 0 Å². The van der Waals surface area contributed by atoms with Crippen LogP contribution < -0.4 is 5.32 Å². The molecule has 0 aromatic carbocycles. The molecule has 2 heterocycles. The monoisotopic (exact) mass is 251 g/mol. The summed E-state index contributed by atoms with van der Waals surface area (Å²) in [5.41, 5.74) is 0. The van der Waals surface area contributed by atoms with E-state index in [1.165, 1.54) is 58.3 Å². The van der Waals surface area contributed by atoms with Crippen molar-refractivity contribution >= 4 is 0 Å². The summed E-state index contributed by atoms with van der Waals surface area (Å²) in [6.07, 6.45) is 7.13. The SMILES string of the molecule is CNCC1CCN(C2CC(C)N(C3CC3)C2)CC1. The van der Waals surface area contributed by atoms with Crippen LogP contribution in [-0.2, 0) is 0 Å². The maximum absolute atomic E-state index is 3.33. The highest BCUT2D eigenvalue weighted by atomic mass is 15.3. The lowest BCUT2D eigenvalue weighted by Crippen LogP contribution is -2.44. The fourth-order valence-corrected chi connectivity index (χ4v) is 4.02. The topological polar surface area (TPSA) is 18.5 Å². The molecule has 3 heteroatoms. The van der Waals surface area contributed by atoms with Gasteiger partial charge in [-0.15, -0.1) is 0 Å². The Morgan fingerprint density at radius 3 is 2.39 bits per heavy atom. The number of piperidine rings is 1. The second-order valence-corrected chi connectivity index (χ2v) is 6.70. The predicted molar refractivity (Wildman–Crippen MR) is 75.8 cm³/mol. The zero-order valence-electron chi connectivity index (χ0n) is 12.1. The first kappa shape index (κ1) is 12.9. The molecule has 2 atom stereocenters. The molecule has 18 heavy (non-hydrogen) atoms. The van der Waals surface area contributed by atoms with Crippen LogP contribution in [0.1, 0.15) is 39.0 Å². The van der Waals surface area contributed by atoms with Crippen molar-refractivity contribution in [2.75, 3.05) is 33.2 Å². The van der Waals surface area contributed by atoms with Gasteiger partial charge >= 0.3 is 0 Å². The zero-order chi connectivity index (χ0) is 12.5. The highest BCUT2D eigenvalue weighted by Crippen LogP contribution is 2.35. The third-order valence-electron chi connectivity index (χ3n) is 5.28. The number of likely N-dealkylation sites (tertiary alicyclic amines) is 2. The van der Waals surface area contributed by atoms with E-state index in [1.54, 1.807) is 0 Å². The lowest BCUT2D eigenvalue weighted by atomic mass is 9.95. The summed E-state index contributed by atoms with van der Waals surface area (Å²) in [7, 11) is 2.08. The van der Waals surface area contributed by atoms with Gasteiger partial charge in [0.2, 0.25) is 0 Å². The van der Waals surface area contributed by atoms with E-state index in [2.05, 4.69) is 29.1 Å². The van der Waals surface area contributed by atoms with E-state index >= 15 is 0 Å². The first-order chi connectivity index (χ1) is 8.78. The molecule has 0 bridgehead atoms. The Morgan fingerprint density at radius 1 is 1.06 bits per heavy atom. The van der Waals surface area contributed by atoms with Crippen molar-refractivity contribution in [3.63, 3.8) is 0 Å². The van der Waals surface area contributed by atoms with Crippen LogP contribution in [0, 0.1) is 5.92 Å². The average molecular weight is 251 g/mol. The molecular formula is C15H29N3. The number of hydrogen-bond donors (Lipinski definition) is 1. The molecule has 3 nitrogen and oxygen atoms in total. The average Bonchev–Trinajstić information content (AvgIpc) is 3.14. The van der Waals surface area contributed by atoms with Crippen molar-refractivity contribution in [1.82, 2.24) is 15.1 Å². The van der Waals surface area contributed by atoms with Gasteiger partial charge in [0.1, 0.15) is 0 Å². The molecular weight excluding hydrogens is 222 g/mol. The van der Waals surface area contributed by atoms with Crippen molar-refractivity contribution in [2.45, 2.75) is 57.2 Å². The maximum atomic E-state index is 3.33. The first-order valence-corrected chi connectivity index (χ1v) is 7.92. The van der Waals surface area contributed by atoms with Crippen LogP contribution >= 0.6 is 0 Å². The van der Waals surface area contributed by atoms with Gasteiger partial charge in [0.05, 0.1) is 0 Å². The molecule has 0 spiro atoms. The summed E-state index contributed by atoms with van der Waals surface area (Å²) in [5, 5.41) is 3.33. The van der Waals surface area contributed by atoms with Crippen LogP contribution in [-0.4, -0.2) is 61.2 Å². The highest BCUT2D eigenvalue weighted by Gasteiger charge is 2.40. The Bertz CT molecular complexity index is 269. The zero-order valence-corrected chi connectivity index (χ0v) is 12.1. The van der Waals surface area contributed by atoms with E-state index in [0.717, 1.165) is 24.0 Å². The number of rotatable bonds is 4. The van der Waals surface area contributed by atoms with E-state index in [0.29, 0.717) is 0 Å². The Morgan fingerprint density at radius 2 is 1.78 bits per heavy atom. The molecule has 0 aromatic heterocycles. The lowest BCUT2D eigenvalue weighted by Gasteiger charge is -2.36. The van der Waals surface area contributed by atoms with E-state index in [-0.39, 0.29) is 0 Å². The minimum atomic E-state index is 0.831. The number of nitrogens with zero attached hydrogens (tertiary/aromatic N) is 2. The van der Waals surface area contributed by atoms with Gasteiger partial charge in [-0.25, -0.2) is 0 Å². The number of nitrogens with one attached hydrogen (secondary N) is 1. The van der Waals surface area contributed by atoms with Crippen molar-refractivity contribution < 1.29 is 0 Å². The largest absolute Gasteiger partial charge is 0.319 e. The van der Waals surface area contributed by atoms with Gasteiger partial charge in [-0.05, 0) is 71.6 Å². The molecule has 1 N–H and O–H groups in total. The summed E-state index contributed by atoms with van der Waals surface area (Å²) >= 11 is 0. The summed E-state index contributed by atoms with van der Waals surface area (Å²) in [6.45, 7) is 7.67. The van der Waals surface area contributed by atoms with Crippen LogP contribution in [0.15, 0.2) is 0 Å². The first-order valence-electron chi connectivity index (χ1n) is 7.92. The summed E-state index contributed by atoms with van der Waals surface area (Å²) in [4.78, 5) is 5.56. The molecule has 2 aliphatic heterocycles. The Labute approximate surface area is 112 Å². The summed E-state index contributed by atoms with van der Waals surface area (Å²) < 4.78 is 0. The Kier molecular flexibility index (Phi) is 3.92. The second-order valence-electron chi connectivity index (χ2n) is 6.70. The van der Waals surface area contributed by atoms with Crippen LogP contribution in [0.3, 0.4) is 0 Å². The Hall–Kier alpha value is -0.120. The quantitative estimate of drug-likeness (QED) is 0.818. The lowest BCUT2D eigenvalue weighted by molar-refractivity contribution is 0.132. The molecule has 3 aliphatic rings. The van der Waals surface area contributed by atoms with Gasteiger partial charge in [-0.1, -0.05) is 0 Å². The Balaban J connectivity index is 1.48. The van der Waals surface area contributed by atoms with Crippen LogP contribution in [0.2, 0.25) is 0 Å². The van der Waals surface area contributed by atoms with E-state index in [1.807, 2.05) is 0 Å².